The second-order valence-electron chi connectivity index (χ2n) is 8.51. The molecule has 0 radical (unpaired) electrons. The Bertz CT molecular complexity index is 1080. The van der Waals surface area contributed by atoms with Crippen LogP contribution in [0.5, 0.6) is 0 Å². The smallest absolute Gasteiger partial charge is 0.177 e. The molecule has 4 rings (SSSR count). The number of fused-ring (bicyclic) bond motifs is 3. The normalized spacial score (nSPS) is 13.3. The van der Waals surface area contributed by atoms with Crippen LogP contribution in [0.4, 0.5) is 0 Å². The SMILES string of the molecule is CC.CCN(CC)C[C@@H](C)c1ccc(-c2c(C)cc(C)c3c2-c2ccsc2C(=O)C3)cc1.[HH]. The third-order valence-electron chi connectivity index (χ3n) is 6.58. The number of likely N-dealkylation sites (N-methyl/N-ethyl adjacent to an activating group) is 1. The lowest BCUT2D eigenvalue weighted by molar-refractivity contribution is 0.0995. The van der Waals surface area contributed by atoms with Gasteiger partial charge in [-0.15, -0.1) is 11.3 Å². The Morgan fingerprint density at radius 1 is 1.00 bits per heavy atom. The molecule has 172 valence electrons. The molecule has 2 aromatic carbocycles. The van der Waals surface area contributed by atoms with E-state index in [1.807, 2.05) is 13.8 Å². The average Bonchev–Trinajstić information content (AvgIpc) is 3.31. The van der Waals surface area contributed by atoms with Gasteiger partial charge in [0.15, 0.2) is 5.78 Å². The highest BCUT2D eigenvalue weighted by molar-refractivity contribution is 7.12. The van der Waals surface area contributed by atoms with Crippen molar-refractivity contribution in [2.24, 2.45) is 0 Å². The number of carbonyl (C=O) groups is 1. The molecule has 2 nitrogen and oxygen atoms in total. The van der Waals surface area contributed by atoms with E-state index < -0.39 is 0 Å². The van der Waals surface area contributed by atoms with Crippen molar-refractivity contribution in [2.45, 2.75) is 60.8 Å². The molecule has 0 unspecified atom stereocenters. The summed E-state index contributed by atoms with van der Waals surface area (Å²) in [4.78, 5) is 16.1. The summed E-state index contributed by atoms with van der Waals surface area (Å²) in [6.07, 6.45) is 0.515. The number of hydrogen-bond acceptors (Lipinski definition) is 3. The number of carbonyl (C=O) groups excluding carboxylic acids is 1. The van der Waals surface area contributed by atoms with Gasteiger partial charge in [0.25, 0.3) is 0 Å². The fourth-order valence-corrected chi connectivity index (χ4v) is 5.68. The molecule has 1 heterocycles. The highest BCUT2D eigenvalue weighted by Gasteiger charge is 2.28. The van der Waals surface area contributed by atoms with Crippen molar-refractivity contribution in [1.29, 1.82) is 0 Å². The monoisotopic (exact) mass is 449 g/mol. The maximum atomic E-state index is 12.7. The van der Waals surface area contributed by atoms with E-state index in [1.54, 1.807) is 11.3 Å². The Kier molecular flexibility index (Phi) is 8.08. The molecule has 0 aliphatic heterocycles. The molecule has 0 saturated heterocycles. The summed E-state index contributed by atoms with van der Waals surface area (Å²) in [5.41, 5.74) is 10.0. The minimum absolute atomic E-state index is 0. The summed E-state index contributed by atoms with van der Waals surface area (Å²) < 4.78 is 0. The maximum absolute atomic E-state index is 12.7. The van der Waals surface area contributed by atoms with Gasteiger partial charge in [0.1, 0.15) is 0 Å². The lowest BCUT2D eigenvalue weighted by atomic mass is 9.80. The van der Waals surface area contributed by atoms with Crippen LogP contribution in [0.15, 0.2) is 41.8 Å². The average molecular weight is 450 g/mol. The molecule has 1 aromatic heterocycles. The van der Waals surface area contributed by atoms with Gasteiger partial charge in [-0.1, -0.05) is 65.0 Å². The molecule has 3 aromatic rings. The van der Waals surface area contributed by atoms with Crippen molar-refractivity contribution < 1.29 is 6.22 Å². The minimum Gasteiger partial charge on any atom is -0.303 e. The van der Waals surface area contributed by atoms with Crippen molar-refractivity contribution >= 4 is 17.1 Å². The molecular formula is C29H39NOS. The van der Waals surface area contributed by atoms with Gasteiger partial charge in [-0.3, -0.25) is 4.79 Å². The quantitative estimate of drug-likeness (QED) is 0.378. The van der Waals surface area contributed by atoms with Crippen LogP contribution in [0.3, 0.4) is 0 Å². The molecule has 0 saturated carbocycles. The standard InChI is InChI=1S/C27H31NOS.C2H6.H2/c1-6-28(7-2)16-19(5)20-8-10-21(11-9-20)25-18(4)14-17(3)23-15-24(29)27-22(26(23)25)12-13-30-27;1-2;/h8-14,19H,6-7,15-16H2,1-5H3;1-2H3;1H/t19-;;/m1../s1. The highest BCUT2D eigenvalue weighted by Crippen LogP contribution is 2.45. The van der Waals surface area contributed by atoms with Crippen LogP contribution in [0.1, 0.15) is 73.9 Å². The van der Waals surface area contributed by atoms with Gasteiger partial charge in [-0.05, 0) is 83.2 Å². The predicted molar refractivity (Wildman–Crippen MR) is 142 cm³/mol. The van der Waals surface area contributed by atoms with Gasteiger partial charge in [0.2, 0.25) is 0 Å². The zero-order valence-electron chi connectivity index (χ0n) is 20.7. The van der Waals surface area contributed by atoms with Gasteiger partial charge in [-0.2, -0.15) is 0 Å². The van der Waals surface area contributed by atoms with Crippen LogP contribution in [-0.2, 0) is 6.42 Å². The Morgan fingerprint density at radius 3 is 2.28 bits per heavy atom. The number of nitrogens with zero attached hydrogens (tertiary/aromatic N) is 1. The van der Waals surface area contributed by atoms with Crippen molar-refractivity contribution in [3.8, 4) is 22.3 Å². The molecule has 3 heteroatoms. The van der Waals surface area contributed by atoms with E-state index in [4.69, 9.17) is 0 Å². The highest BCUT2D eigenvalue weighted by atomic mass is 32.1. The summed E-state index contributed by atoms with van der Waals surface area (Å²) in [6, 6.07) is 13.5. The van der Waals surface area contributed by atoms with E-state index in [2.05, 4.69) is 81.3 Å². The number of rotatable bonds is 6. The first-order chi connectivity index (χ1) is 15.4. The number of hydrogen-bond donors (Lipinski definition) is 0. The van der Waals surface area contributed by atoms with E-state index in [0.717, 1.165) is 30.1 Å². The van der Waals surface area contributed by atoms with Crippen molar-refractivity contribution in [3.05, 3.63) is 68.9 Å². The zero-order chi connectivity index (χ0) is 23.4. The topological polar surface area (TPSA) is 20.3 Å². The van der Waals surface area contributed by atoms with Crippen molar-refractivity contribution in [2.75, 3.05) is 19.6 Å². The summed E-state index contributed by atoms with van der Waals surface area (Å²) in [7, 11) is 0. The van der Waals surface area contributed by atoms with E-state index in [0.29, 0.717) is 12.3 Å². The second kappa shape index (κ2) is 10.6. The Morgan fingerprint density at radius 2 is 1.66 bits per heavy atom. The molecule has 0 amide bonds. The van der Waals surface area contributed by atoms with E-state index >= 15 is 0 Å². The number of thiophene rings is 1. The molecule has 0 fully saturated rings. The third kappa shape index (κ3) is 4.60. The molecule has 32 heavy (non-hydrogen) atoms. The van der Waals surface area contributed by atoms with Crippen LogP contribution in [0.25, 0.3) is 22.3 Å². The van der Waals surface area contributed by atoms with Gasteiger partial charge in [0, 0.05) is 20.0 Å². The summed E-state index contributed by atoms with van der Waals surface area (Å²) >= 11 is 1.57. The maximum Gasteiger partial charge on any atom is 0.177 e. The van der Waals surface area contributed by atoms with Gasteiger partial charge < -0.3 is 4.90 Å². The second-order valence-corrected chi connectivity index (χ2v) is 9.43. The van der Waals surface area contributed by atoms with E-state index in [-0.39, 0.29) is 7.21 Å². The Labute approximate surface area is 199 Å². The van der Waals surface area contributed by atoms with Gasteiger partial charge in [-0.25, -0.2) is 0 Å². The van der Waals surface area contributed by atoms with Crippen LogP contribution in [0.2, 0.25) is 0 Å². The van der Waals surface area contributed by atoms with Crippen molar-refractivity contribution in [3.63, 3.8) is 0 Å². The van der Waals surface area contributed by atoms with Crippen LogP contribution < -0.4 is 0 Å². The molecular weight excluding hydrogens is 410 g/mol. The van der Waals surface area contributed by atoms with E-state index in [9.17, 15) is 4.79 Å². The third-order valence-corrected chi connectivity index (χ3v) is 7.53. The molecule has 0 bridgehead atoms. The number of Topliss-reactive ketones (excluding diaryl/α,β-unsaturated/α-hetero) is 1. The predicted octanol–water partition coefficient (Wildman–Crippen LogP) is 8.16. The first-order valence-corrected chi connectivity index (χ1v) is 12.9. The van der Waals surface area contributed by atoms with Gasteiger partial charge >= 0.3 is 0 Å². The van der Waals surface area contributed by atoms with Gasteiger partial charge in [0.05, 0.1) is 4.88 Å². The Balaban J connectivity index is 0.00000125. The number of aryl methyl sites for hydroxylation is 2. The molecule has 1 atom stereocenters. The van der Waals surface area contributed by atoms with Crippen LogP contribution in [-0.4, -0.2) is 30.3 Å². The largest absolute Gasteiger partial charge is 0.303 e. The number of ketones is 1. The Hall–Kier alpha value is -2.23. The fraction of sp³-hybridized carbons (Fsp3) is 0.414. The molecule has 0 spiro atoms. The van der Waals surface area contributed by atoms with Crippen LogP contribution >= 0.6 is 11.3 Å². The summed E-state index contributed by atoms with van der Waals surface area (Å²) in [5, 5.41) is 2.05. The molecule has 1 aliphatic carbocycles. The summed E-state index contributed by atoms with van der Waals surface area (Å²) in [6.45, 7) is 18.4. The summed E-state index contributed by atoms with van der Waals surface area (Å²) in [5.74, 6) is 0.763. The lowest BCUT2D eigenvalue weighted by Crippen LogP contribution is -2.27. The molecule has 1 aliphatic rings. The van der Waals surface area contributed by atoms with Crippen LogP contribution in [0, 0.1) is 13.8 Å². The fourth-order valence-electron chi connectivity index (χ4n) is 4.84. The zero-order valence-corrected chi connectivity index (χ0v) is 21.5. The van der Waals surface area contributed by atoms with Crippen molar-refractivity contribution in [1.82, 2.24) is 4.90 Å². The first kappa shape index (κ1) is 24.4. The van der Waals surface area contributed by atoms with E-state index in [1.165, 1.54) is 38.9 Å². The first-order valence-electron chi connectivity index (χ1n) is 12.0. The lowest BCUT2D eigenvalue weighted by Gasteiger charge is -2.25. The minimum atomic E-state index is 0. The number of benzene rings is 2. The molecule has 0 N–H and O–H groups in total.